The molecule has 5 heteroatoms. The van der Waals surface area contributed by atoms with Crippen molar-refractivity contribution in [1.29, 1.82) is 0 Å². The van der Waals surface area contributed by atoms with Crippen molar-refractivity contribution < 1.29 is 9.59 Å². The number of aromatic nitrogens is 1. The van der Waals surface area contributed by atoms with E-state index in [1.807, 2.05) is 32.0 Å². The van der Waals surface area contributed by atoms with Gasteiger partial charge in [0.15, 0.2) is 0 Å². The first-order valence-corrected chi connectivity index (χ1v) is 8.28. The van der Waals surface area contributed by atoms with Crippen LogP contribution in [-0.2, 0) is 22.6 Å². The van der Waals surface area contributed by atoms with Crippen LogP contribution in [0.15, 0.2) is 24.3 Å². The Labute approximate surface area is 135 Å². The number of rotatable bonds is 2. The number of aromatic amines is 1. The maximum absolute atomic E-state index is 12.9. The molecule has 2 aromatic rings. The SMILES string of the molecule is CCC(C)N1CC(=O)N2Cc3[nH]c4ccccc4c3CC2C1=O. The number of H-pyrrole nitrogens is 1. The summed E-state index contributed by atoms with van der Waals surface area (Å²) in [6.45, 7) is 4.78. The van der Waals surface area contributed by atoms with Gasteiger partial charge in [0.2, 0.25) is 11.8 Å². The van der Waals surface area contributed by atoms with Gasteiger partial charge in [0, 0.05) is 29.1 Å². The van der Waals surface area contributed by atoms with Crippen molar-refractivity contribution >= 4 is 22.7 Å². The molecule has 0 bridgehead atoms. The zero-order valence-corrected chi connectivity index (χ0v) is 13.5. The van der Waals surface area contributed by atoms with Crippen molar-refractivity contribution in [3.8, 4) is 0 Å². The Hall–Kier alpha value is -2.30. The molecule has 120 valence electrons. The molecule has 1 saturated heterocycles. The van der Waals surface area contributed by atoms with Crippen LogP contribution in [0.5, 0.6) is 0 Å². The number of carbonyl (C=O) groups is 2. The summed E-state index contributed by atoms with van der Waals surface area (Å²) in [6, 6.07) is 7.90. The third-order valence-electron chi connectivity index (χ3n) is 5.32. The molecule has 0 spiro atoms. The summed E-state index contributed by atoms with van der Waals surface area (Å²) in [7, 11) is 0. The van der Waals surface area contributed by atoms with Crippen molar-refractivity contribution in [1.82, 2.24) is 14.8 Å². The summed E-state index contributed by atoms with van der Waals surface area (Å²) in [6.07, 6.45) is 1.47. The van der Waals surface area contributed by atoms with Crippen LogP contribution in [0.3, 0.4) is 0 Å². The molecule has 3 heterocycles. The number of hydrogen-bond acceptors (Lipinski definition) is 2. The second-order valence-electron chi connectivity index (χ2n) is 6.59. The number of hydrogen-bond donors (Lipinski definition) is 1. The topological polar surface area (TPSA) is 56.4 Å². The van der Waals surface area contributed by atoms with Crippen molar-refractivity contribution in [2.45, 2.75) is 45.3 Å². The summed E-state index contributed by atoms with van der Waals surface area (Å²) in [5.74, 6) is 0.147. The molecule has 2 amide bonds. The first-order valence-electron chi connectivity index (χ1n) is 8.28. The van der Waals surface area contributed by atoms with E-state index in [1.54, 1.807) is 9.80 Å². The number of piperazine rings is 1. The summed E-state index contributed by atoms with van der Waals surface area (Å²) < 4.78 is 0. The van der Waals surface area contributed by atoms with Gasteiger partial charge >= 0.3 is 0 Å². The first kappa shape index (κ1) is 14.3. The number of benzene rings is 1. The lowest BCUT2D eigenvalue weighted by Gasteiger charge is -2.44. The van der Waals surface area contributed by atoms with Crippen molar-refractivity contribution in [3.05, 3.63) is 35.5 Å². The molecule has 0 saturated carbocycles. The number of carbonyl (C=O) groups excluding carboxylic acids is 2. The molecule has 1 fully saturated rings. The van der Waals surface area contributed by atoms with Gasteiger partial charge in [0.1, 0.15) is 12.6 Å². The second kappa shape index (κ2) is 5.11. The molecule has 2 unspecified atom stereocenters. The quantitative estimate of drug-likeness (QED) is 0.923. The largest absolute Gasteiger partial charge is 0.357 e. The molecular formula is C18H21N3O2. The molecule has 0 radical (unpaired) electrons. The molecule has 2 atom stereocenters. The van der Waals surface area contributed by atoms with E-state index in [-0.39, 0.29) is 30.4 Å². The molecule has 4 rings (SSSR count). The van der Waals surface area contributed by atoms with Crippen LogP contribution >= 0.6 is 0 Å². The van der Waals surface area contributed by atoms with Crippen molar-refractivity contribution in [3.63, 3.8) is 0 Å². The van der Waals surface area contributed by atoms with Gasteiger partial charge in [0.05, 0.1) is 6.54 Å². The Kier molecular flexibility index (Phi) is 3.18. The summed E-state index contributed by atoms with van der Waals surface area (Å²) in [4.78, 5) is 32.4. The van der Waals surface area contributed by atoms with Crippen LogP contribution in [0.25, 0.3) is 10.9 Å². The van der Waals surface area contributed by atoms with Crippen LogP contribution in [0.4, 0.5) is 0 Å². The monoisotopic (exact) mass is 311 g/mol. The smallest absolute Gasteiger partial charge is 0.246 e. The van der Waals surface area contributed by atoms with E-state index in [2.05, 4.69) is 11.1 Å². The van der Waals surface area contributed by atoms with E-state index in [0.717, 1.165) is 17.6 Å². The summed E-state index contributed by atoms with van der Waals surface area (Å²) >= 11 is 0. The lowest BCUT2D eigenvalue weighted by Crippen LogP contribution is -2.63. The van der Waals surface area contributed by atoms with E-state index in [0.29, 0.717) is 13.0 Å². The van der Waals surface area contributed by atoms with Crippen LogP contribution in [0.1, 0.15) is 31.5 Å². The minimum absolute atomic E-state index is 0.0548. The Bertz CT molecular complexity index is 795. The Morgan fingerprint density at radius 2 is 2.04 bits per heavy atom. The van der Waals surface area contributed by atoms with Crippen LogP contribution in [0, 0.1) is 0 Å². The van der Waals surface area contributed by atoms with E-state index >= 15 is 0 Å². The Morgan fingerprint density at radius 3 is 2.83 bits per heavy atom. The van der Waals surface area contributed by atoms with Gasteiger partial charge in [-0.05, 0) is 25.0 Å². The van der Waals surface area contributed by atoms with E-state index in [9.17, 15) is 9.59 Å². The fraction of sp³-hybridized carbons (Fsp3) is 0.444. The molecule has 0 aliphatic carbocycles. The minimum atomic E-state index is -0.350. The number of fused-ring (bicyclic) bond motifs is 4. The number of amides is 2. The summed E-state index contributed by atoms with van der Waals surface area (Å²) in [5.41, 5.74) is 3.34. The highest BCUT2D eigenvalue weighted by Crippen LogP contribution is 2.32. The van der Waals surface area contributed by atoms with Gasteiger partial charge in [-0.25, -0.2) is 0 Å². The summed E-state index contributed by atoms with van der Waals surface area (Å²) in [5, 5.41) is 1.17. The van der Waals surface area contributed by atoms with Crippen LogP contribution in [0.2, 0.25) is 0 Å². The zero-order chi connectivity index (χ0) is 16.1. The predicted octanol–water partition coefficient (Wildman–Crippen LogP) is 2.06. The normalized spacial score (nSPS) is 22.3. The maximum Gasteiger partial charge on any atom is 0.246 e. The lowest BCUT2D eigenvalue weighted by molar-refractivity contribution is -0.159. The van der Waals surface area contributed by atoms with Crippen LogP contribution in [-0.4, -0.2) is 45.2 Å². The molecule has 2 aliphatic heterocycles. The van der Waals surface area contributed by atoms with Gasteiger partial charge in [-0.1, -0.05) is 25.1 Å². The van der Waals surface area contributed by atoms with Gasteiger partial charge in [0.25, 0.3) is 0 Å². The number of para-hydroxylation sites is 1. The predicted molar refractivity (Wildman–Crippen MR) is 87.8 cm³/mol. The van der Waals surface area contributed by atoms with Crippen molar-refractivity contribution in [2.24, 2.45) is 0 Å². The Balaban J connectivity index is 1.74. The zero-order valence-electron chi connectivity index (χ0n) is 13.5. The fourth-order valence-corrected chi connectivity index (χ4v) is 3.79. The number of nitrogens with one attached hydrogen (secondary N) is 1. The standard InChI is InChI=1S/C18H21N3O2/c1-3-11(2)20-10-17(22)21-9-15-13(8-16(21)18(20)23)12-6-4-5-7-14(12)19-15/h4-7,11,16,19H,3,8-10H2,1-2H3. The maximum atomic E-state index is 12.9. The van der Waals surface area contributed by atoms with Gasteiger partial charge in [-0.15, -0.1) is 0 Å². The molecule has 1 aromatic carbocycles. The van der Waals surface area contributed by atoms with E-state index < -0.39 is 0 Å². The molecule has 1 N–H and O–H groups in total. The molecule has 1 aromatic heterocycles. The van der Waals surface area contributed by atoms with Gasteiger partial charge in [-0.2, -0.15) is 0 Å². The van der Waals surface area contributed by atoms with Crippen LogP contribution < -0.4 is 0 Å². The van der Waals surface area contributed by atoms with E-state index in [4.69, 9.17) is 0 Å². The highest BCUT2D eigenvalue weighted by Gasteiger charge is 2.43. The highest BCUT2D eigenvalue weighted by molar-refractivity contribution is 5.97. The third kappa shape index (κ3) is 2.06. The van der Waals surface area contributed by atoms with E-state index in [1.165, 1.54) is 10.9 Å². The van der Waals surface area contributed by atoms with Crippen molar-refractivity contribution in [2.75, 3.05) is 6.54 Å². The fourth-order valence-electron chi connectivity index (χ4n) is 3.79. The number of nitrogens with zero attached hydrogens (tertiary/aromatic N) is 2. The average molecular weight is 311 g/mol. The molecular weight excluding hydrogens is 290 g/mol. The molecule has 5 nitrogen and oxygen atoms in total. The first-order chi connectivity index (χ1) is 11.1. The minimum Gasteiger partial charge on any atom is -0.357 e. The third-order valence-corrected chi connectivity index (χ3v) is 5.32. The van der Waals surface area contributed by atoms with Gasteiger partial charge < -0.3 is 14.8 Å². The highest BCUT2D eigenvalue weighted by atomic mass is 16.2. The molecule has 23 heavy (non-hydrogen) atoms. The Morgan fingerprint density at radius 1 is 1.26 bits per heavy atom. The van der Waals surface area contributed by atoms with Gasteiger partial charge in [-0.3, -0.25) is 9.59 Å². The average Bonchev–Trinajstić information content (AvgIpc) is 2.93. The molecule has 2 aliphatic rings. The lowest BCUT2D eigenvalue weighted by atomic mass is 9.93. The second-order valence-corrected chi connectivity index (χ2v) is 6.59.